The quantitative estimate of drug-likeness (QED) is 0.0736. The molecule has 0 aromatic heterocycles. The van der Waals surface area contributed by atoms with Gasteiger partial charge in [-0.1, -0.05) is 52.4 Å². The number of unbranched alkanes of at least 4 members (excludes halogenated alkanes) is 26. The first-order valence-electron chi connectivity index (χ1n) is 16.6. The molecule has 0 radical (unpaired) electrons. The molecule has 2 nitrogen and oxygen atoms in total. The van der Waals surface area contributed by atoms with Gasteiger partial charge in [0.25, 0.3) is 0 Å². The van der Waals surface area contributed by atoms with Gasteiger partial charge in [0.15, 0.2) is 0 Å². The predicted octanol–water partition coefficient (Wildman–Crippen LogP) is 11.5. The van der Waals surface area contributed by atoms with Crippen molar-refractivity contribution in [1.82, 2.24) is 0 Å². The molecule has 0 aromatic carbocycles. The van der Waals surface area contributed by atoms with E-state index in [2.05, 4.69) is 13.8 Å². The Morgan fingerprint density at radius 2 is 0.457 bits per heavy atom. The van der Waals surface area contributed by atoms with Crippen LogP contribution in [0.25, 0.3) is 0 Å². The summed E-state index contributed by atoms with van der Waals surface area (Å²) in [7, 11) is -2.91. The molecule has 2 N–H and O–H groups in total. The molecule has 3 heteroatoms. The van der Waals surface area contributed by atoms with E-state index in [0.717, 1.165) is 12.8 Å². The van der Waals surface area contributed by atoms with E-state index in [0.29, 0.717) is 12.3 Å². The normalized spacial score (nSPS) is 12.5. The summed E-state index contributed by atoms with van der Waals surface area (Å²) in [6.07, 6.45) is 39.3. The van der Waals surface area contributed by atoms with Crippen molar-refractivity contribution in [2.75, 3.05) is 12.3 Å². The average Bonchev–Trinajstić information content (AvgIpc) is 2.84. The molecule has 0 aliphatic rings. The Balaban J connectivity index is 3.28. The summed E-state index contributed by atoms with van der Waals surface area (Å²) in [6, 6.07) is 0. The average molecular weight is 517 g/mol. The fraction of sp³-hybridized carbons (Fsp3) is 1.00. The second-order valence-electron chi connectivity index (χ2n) is 11.7. The monoisotopic (exact) mass is 517 g/mol. The van der Waals surface area contributed by atoms with Crippen molar-refractivity contribution in [2.45, 2.75) is 194 Å². The maximum atomic E-state index is 10.4. The van der Waals surface area contributed by atoms with E-state index in [1.165, 1.54) is 167 Å². The van der Waals surface area contributed by atoms with Crippen molar-refractivity contribution in [3.05, 3.63) is 0 Å². The summed E-state index contributed by atoms with van der Waals surface area (Å²) in [6.45, 7) is 4.57. The van der Waals surface area contributed by atoms with Gasteiger partial charge in [0.1, 0.15) is 0 Å². The zero-order valence-corrected chi connectivity index (χ0v) is 25.6. The molecule has 0 atom stereocenters. The first-order chi connectivity index (χ1) is 17.1. The zero-order chi connectivity index (χ0) is 25.7. The summed E-state index contributed by atoms with van der Waals surface area (Å²) < 4.78 is 0. The van der Waals surface area contributed by atoms with Crippen LogP contribution in [0.15, 0.2) is 0 Å². The standard InChI is InChI=1S/C32H69O2P/c1-3-5-7-9-11-13-15-17-19-21-23-25-27-29-31-35(33,34)32-30-28-26-24-22-20-18-16-14-12-10-8-6-4-2/h33-35H,3-32H2,1-2H3. The number of hydrogen-bond donors (Lipinski definition) is 2. The molecule has 0 fully saturated rings. The first-order valence-corrected chi connectivity index (χ1v) is 18.9. The molecule has 0 bridgehead atoms. The van der Waals surface area contributed by atoms with Gasteiger partial charge in [-0.3, -0.25) is 0 Å². The van der Waals surface area contributed by atoms with Crippen molar-refractivity contribution >= 4 is 7.72 Å². The van der Waals surface area contributed by atoms with E-state index in [9.17, 15) is 9.79 Å². The Kier molecular flexibility index (Phi) is 29.2. The van der Waals surface area contributed by atoms with Crippen LogP contribution in [-0.2, 0) is 0 Å². The molecule has 0 aromatic rings. The fourth-order valence-corrected chi connectivity index (χ4v) is 7.21. The first kappa shape index (κ1) is 35.4. The van der Waals surface area contributed by atoms with Crippen molar-refractivity contribution in [1.29, 1.82) is 0 Å². The van der Waals surface area contributed by atoms with Gasteiger partial charge < -0.3 is 0 Å². The van der Waals surface area contributed by atoms with Gasteiger partial charge in [0, 0.05) is 0 Å². The second kappa shape index (κ2) is 28.9. The van der Waals surface area contributed by atoms with E-state index in [1.54, 1.807) is 0 Å². The van der Waals surface area contributed by atoms with Crippen LogP contribution in [-0.4, -0.2) is 22.1 Å². The van der Waals surface area contributed by atoms with Crippen molar-refractivity contribution in [2.24, 2.45) is 0 Å². The number of hydrogen-bond acceptors (Lipinski definition) is 2. The molecule has 0 aliphatic heterocycles. The molecule has 0 saturated heterocycles. The summed E-state index contributed by atoms with van der Waals surface area (Å²) in [5.74, 6) is 0. The van der Waals surface area contributed by atoms with E-state index >= 15 is 0 Å². The molecule has 0 aliphatic carbocycles. The third kappa shape index (κ3) is 30.5. The van der Waals surface area contributed by atoms with Crippen LogP contribution in [0.1, 0.15) is 194 Å². The van der Waals surface area contributed by atoms with Crippen molar-refractivity contribution < 1.29 is 9.79 Å². The van der Waals surface area contributed by atoms with Gasteiger partial charge in [0.05, 0.1) is 0 Å². The van der Waals surface area contributed by atoms with Crippen LogP contribution in [0.4, 0.5) is 0 Å². The molecule has 0 unspecified atom stereocenters. The van der Waals surface area contributed by atoms with Crippen LogP contribution in [0.3, 0.4) is 0 Å². The summed E-state index contributed by atoms with van der Waals surface area (Å²) in [5.41, 5.74) is 0. The van der Waals surface area contributed by atoms with Gasteiger partial charge in [-0.2, -0.15) is 0 Å². The Morgan fingerprint density at radius 1 is 0.286 bits per heavy atom. The third-order valence-electron chi connectivity index (χ3n) is 7.86. The minimum absolute atomic E-state index is 0.698. The molecule has 0 amide bonds. The van der Waals surface area contributed by atoms with Crippen LogP contribution in [0.2, 0.25) is 0 Å². The molecular weight excluding hydrogens is 447 g/mol. The molecule has 214 valence electrons. The van der Waals surface area contributed by atoms with Crippen molar-refractivity contribution in [3.63, 3.8) is 0 Å². The molecule has 0 rings (SSSR count). The van der Waals surface area contributed by atoms with Crippen LogP contribution >= 0.6 is 7.72 Å². The van der Waals surface area contributed by atoms with Gasteiger partial charge in [0.2, 0.25) is 0 Å². The molecule has 0 heterocycles. The van der Waals surface area contributed by atoms with Gasteiger partial charge in [-0.15, -0.1) is 0 Å². The van der Waals surface area contributed by atoms with Crippen LogP contribution in [0, 0.1) is 0 Å². The summed E-state index contributed by atoms with van der Waals surface area (Å²) in [4.78, 5) is 20.8. The Morgan fingerprint density at radius 3 is 0.657 bits per heavy atom. The van der Waals surface area contributed by atoms with Crippen molar-refractivity contribution in [3.8, 4) is 0 Å². The van der Waals surface area contributed by atoms with E-state index in [1.807, 2.05) is 0 Å². The molecule has 0 saturated carbocycles. The van der Waals surface area contributed by atoms with Gasteiger partial charge >= 0.3 is 171 Å². The third-order valence-corrected chi connectivity index (χ3v) is 10.2. The summed E-state index contributed by atoms with van der Waals surface area (Å²) in [5, 5.41) is 0. The fourth-order valence-electron chi connectivity index (χ4n) is 5.33. The SMILES string of the molecule is CCCCCCCCCCCCCCCC[PH](O)(O)CCCCCCCCCCCCCCCC. The predicted molar refractivity (Wildman–Crippen MR) is 163 cm³/mol. The minimum atomic E-state index is -2.91. The van der Waals surface area contributed by atoms with E-state index in [4.69, 9.17) is 0 Å². The smallest absolute Gasteiger partial charge is 0.0654 e. The summed E-state index contributed by atoms with van der Waals surface area (Å²) >= 11 is 0. The number of rotatable bonds is 30. The molecule has 0 spiro atoms. The Hall–Kier alpha value is 0.350. The van der Waals surface area contributed by atoms with Gasteiger partial charge in [-0.05, 0) is 0 Å². The van der Waals surface area contributed by atoms with Crippen LogP contribution in [0.5, 0.6) is 0 Å². The van der Waals surface area contributed by atoms with Gasteiger partial charge in [-0.25, -0.2) is 0 Å². The Labute approximate surface area is 223 Å². The molecule has 35 heavy (non-hydrogen) atoms. The molecular formula is C32H69O2P. The second-order valence-corrected chi connectivity index (χ2v) is 14.6. The Bertz CT molecular complexity index is 352. The maximum absolute atomic E-state index is 10.4. The zero-order valence-electron chi connectivity index (χ0n) is 24.6. The van der Waals surface area contributed by atoms with Crippen LogP contribution < -0.4 is 0 Å². The van der Waals surface area contributed by atoms with E-state index < -0.39 is 7.72 Å². The van der Waals surface area contributed by atoms with E-state index in [-0.39, 0.29) is 0 Å². The topological polar surface area (TPSA) is 40.5 Å². The minimum Gasteiger partial charge on any atom is -0.0654 e.